The van der Waals surface area contributed by atoms with E-state index >= 15 is 0 Å². The molecule has 0 saturated carbocycles. The highest BCUT2D eigenvalue weighted by molar-refractivity contribution is 6.08. The molecule has 0 spiro atoms. The molecule has 26 heavy (non-hydrogen) atoms. The van der Waals surface area contributed by atoms with Crippen LogP contribution in [0.4, 0.5) is 0 Å². The highest BCUT2D eigenvalue weighted by Crippen LogP contribution is 2.34. The minimum absolute atomic E-state index is 0.0889. The molecule has 3 aromatic rings. The lowest BCUT2D eigenvalue weighted by Gasteiger charge is -2.16. The first-order chi connectivity index (χ1) is 12.4. The lowest BCUT2D eigenvalue weighted by Crippen LogP contribution is -2.18. The number of esters is 1. The van der Waals surface area contributed by atoms with Gasteiger partial charge in [-0.3, -0.25) is 4.79 Å². The van der Waals surface area contributed by atoms with Crippen molar-refractivity contribution in [2.24, 2.45) is 0 Å². The smallest absolute Gasteiger partial charge is 0.340 e. The number of carbonyl (C=O) groups excluding carboxylic acids is 1. The third kappa shape index (κ3) is 3.08. The number of hydrogen-bond donors (Lipinski definition) is 2. The summed E-state index contributed by atoms with van der Waals surface area (Å²) in [6.07, 6.45) is 0. The number of nitrogens with one attached hydrogen (secondary N) is 1. The van der Waals surface area contributed by atoms with Gasteiger partial charge in [-0.1, -0.05) is 44.2 Å². The average molecular weight is 351 g/mol. The van der Waals surface area contributed by atoms with Crippen LogP contribution in [0.1, 0.15) is 42.7 Å². The number of benzene rings is 2. The quantitative estimate of drug-likeness (QED) is 0.691. The second-order valence-electron chi connectivity index (χ2n) is 6.40. The number of phenolic OH excluding ortho intramolecular Hbond substituents is 1. The van der Waals surface area contributed by atoms with Gasteiger partial charge in [-0.2, -0.15) is 0 Å². The van der Waals surface area contributed by atoms with Gasteiger partial charge < -0.3 is 14.8 Å². The normalized spacial score (nSPS) is 11.1. The molecule has 0 unspecified atom stereocenters. The topological polar surface area (TPSA) is 79.4 Å². The molecule has 0 bridgehead atoms. The predicted molar refractivity (Wildman–Crippen MR) is 102 cm³/mol. The summed E-state index contributed by atoms with van der Waals surface area (Å²) in [5, 5.41) is 11.0. The fourth-order valence-electron chi connectivity index (χ4n) is 3.11. The zero-order valence-electron chi connectivity index (χ0n) is 15.0. The standard InChI is InChI=1S/C21H21NO4/c1-4-26-21(25)18-15-10-14(13-8-6-5-7-9-13)11-16(23)17(15)20(24)22-19(18)12(2)3/h5-12,23H,4H2,1-3H3,(H,22,24). The molecule has 0 atom stereocenters. The van der Waals surface area contributed by atoms with Crippen LogP contribution in [0.3, 0.4) is 0 Å². The van der Waals surface area contributed by atoms with E-state index < -0.39 is 11.5 Å². The number of hydrogen-bond acceptors (Lipinski definition) is 4. The maximum absolute atomic E-state index is 12.6. The van der Waals surface area contributed by atoms with Crippen molar-refractivity contribution in [3.63, 3.8) is 0 Å². The molecule has 5 nitrogen and oxygen atoms in total. The number of H-pyrrole nitrogens is 1. The fourth-order valence-corrected chi connectivity index (χ4v) is 3.11. The minimum atomic E-state index is -0.512. The molecule has 0 aliphatic carbocycles. The van der Waals surface area contributed by atoms with Crippen LogP contribution in [0.15, 0.2) is 47.3 Å². The molecule has 0 fully saturated rings. The molecule has 134 valence electrons. The zero-order valence-corrected chi connectivity index (χ0v) is 15.0. The molecular weight excluding hydrogens is 330 g/mol. The second kappa shape index (κ2) is 7.04. The number of pyridine rings is 1. The molecule has 0 amide bonds. The first-order valence-corrected chi connectivity index (χ1v) is 8.59. The number of carbonyl (C=O) groups is 1. The van der Waals surface area contributed by atoms with Crippen LogP contribution in [0.5, 0.6) is 5.75 Å². The Bertz CT molecular complexity index is 1020. The molecule has 0 aliphatic rings. The SMILES string of the molecule is CCOC(=O)c1c(C(C)C)[nH]c(=O)c2c(O)cc(-c3ccccc3)cc12. The van der Waals surface area contributed by atoms with E-state index in [1.165, 1.54) is 6.07 Å². The number of ether oxygens (including phenoxy) is 1. The summed E-state index contributed by atoms with van der Waals surface area (Å²) >= 11 is 0. The molecule has 0 saturated heterocycles. The summed E-state index contributed by atoms with van der Waals surface area (Å²) in [6.45, 7) is 5.73. The van der Waals surface area contributed by atoms with Crippen LogP contribution in [-0.4, -0.2) is 22.7 Å². The molecule has 0 radical (unpaired) electrons. The number of aromatic amines is 1. The van der Waals surface area contributed by atoms with E-state index in [0.717, 1.165) is 11.1 Å². The number of phenols is 1. The maximum Gasteiger partial charge on any atom is 0.340 e. The Morgan fingerprint density at radius 3 is 2.46 bits per heavy atom. The summed E-state index contributed by atoms with van der Waals surface area (Å²) in [5.74, 6) is -0.764. The summed E-state index contributed by atoms with van der Waals surface area (Å²) < 4.78 is 5.21. The van der Waals surface area contributed by atoms with Crippen LogP contribution in [0.2, 0.25) is 0 Å². The lowest BCUT2D eigenvalue weighted by molar-refractivity contribution is 0.0526. The Balaban J connectivity index is 2.41. The zero-order chi connectivity index (χ0) is 18.8. The molecule has 1 aromatic heterocycles. The van der Waals surface area contributed by atoms with E-state index in [9.17, 15) is 14.7 Å². The molecule has 0 aliphatic heterocycles. The third-order valence-corrected chi connectivity index (χ3v) is 4.30. The fraction of sp³-hybridized carbons (Fsp3) is 0.238. The highest BCUT2D eigenvalue weighted by Gasteiger charge is 2.23. The van der Waals surface area contributed by atoms with Crippen LogP contribution >= 0.6 is 0 Å². The average Bonchev–Trinajstić information content (AvgIpc) is 2.61. The van der Waals surface area contributed by atoms with Gasteiger partial charge in [0.1, 0.15) is 5.75 Å². The molecule has 5 heteroatoms. The second-order valence-corrected chi connectivity index (χ2v) is 6.40. The van der Waals surface area contributed by atoms with E-state index in [1.807, 2.05) is 44.2 Å². The molecule has 2 aromatic carbocycles. The van der Waals surface area contributed by atoms with Crippen molar-refractivity contribution >= 4 is 16.7 Å². The lowest BCUT2D eigenvalue weighted by atomic mass is 9.94. The Morgan fingerprint density at radius 1 is 1.15 bits per heavy atom. The van der Waals surface area contributed by atoms with Crippen LogP contribution in [0.25, 0.3) is 21.9 Å². The maximum atomic E-state index is 12.6. The summed E-state index contributed by atoms with van der Waals surface area (Å²) in [5.41, 5.74) is 1.98. The van der Waals surface area contributed by atoms with E-state index in [-0.39, 0.29) is 23.7 Å². The van der Waals surface area contributed by atoms with Gasteiger partial charge in [0.15, 0.2) is 0 Å². The molecule has 2 N–H and O–H groups in total. The van der Waals surface area contributed by atoms with Crippen molar-refractivity contribution in [2.75, 3.05) is 6.61 Å². The van der Waals surface area contributed by atoms with Crippen LogP contribution in [-0.2, 0) is 4.74 Å². The van der Waals surface area contributed by atoms with Crippen molar-refractivity contribution in [1.82, 2.24) is 4.98 Å². The van der Waals surface area contributed by atoms with Gasteiger partial charge >= 0.3 is 5.97 Å². The van der Waals surface area contributed by atoms with Crippen molar-refractivity contribution in [3.05, 3.63) is 64.1 Å². The Morgan fingerprint density at radius 2 is 1.85 bits per heavy atom. The summed E-state index contributed by atoms with van der Waals surface area (Å²) in [6, 6.07) is 12.8. The highest BCUT2D eigenvalue weighted by atomic mass is 16.5. The van der Waals surface area contributed by atoms with E-state index in [1.54, 1.807) is 13.0 Å². The summed E-state index contributed by atoms with van der Waals surface area (Å²) in [4.78, 5) is 27.9. The van der Waals surface area contributed by atoms with Crippen molar-refractivity contribution in [3.8, 4) is 16.9 Å². The Kier molecular flexibility index (Phi) is 4.80. The van der Waals surface area contributed by atoms with Crippen LogP contribution < -0.4 is 5.56 Å². The van der Waals surface area contributed by atoms with Gasteiger partial charge in [-0.15, -0.1) is 0 Å². The molecular formula is C21H21NO4. The van der Waals surface area contributed by atoms with Gasteiger partial charge in [-0.05, 0) is 36.1 Å². The van der Waals surface area contributed by atoms with Gasteiger partial charge in [0.2, 0.25) is 0 Å². The largest absolute Gasteiger partial charge is 0.507 e. The van der Waals surface area contributed by atoms with Crippen molar-refractivity contribution in [1.29, 1.82) is 0 Å². The van der Waals surface area contributed by atoms with Crippen molar-refractivity contribution < 1.29 is 14.6 Å². The number of fused-ring (bicyclic) bond motifs is 1. The first-order valence-electron chi connectivity index (χ1n) is 8.59. The van der Waals surface area contributed by atoms with E-state index in [4.69, 9.17) is 4.74 Å². The van der Waals surface area contributed by atoms with Crippen molar-refractivity contribution in [2.45, 2.75) is 26.7 Å². The Labute approximate surface area is 151 Å². The predicted octanol–water partition coefficient (Wildman–Crippen LogP) is 4.20. The van der Waals surface area contributed by atoms with Gasteiger partial charge in [-0.25, -0.2) is 4.79 Å². The molecule has 3 rings (SSSR count). The monoisotopic (exact) mass is 351 g/mol. The van der Waals surface area contributed by atoms with Gasteiger partial charge in [0.05, 0.1) is 17.6 Å². The third-order valence-electron chi connectivity index (χ3n) is 4.30. The summed E-state index contributed by atoms with van der Waals surface area (Å²) in [7, 11) is 0. The van der Waals surface area contributed by atoms with Gasteiger partial charge in [0.25, 0.3) is 5.56 Å². The number of rotatable bonds is 4. The van der Waals surface area contributed by atoms with E-state index in [0.29, 0.717) is 16.6 Å². The van der Waals surface area contributed by atoms with Gasteiger partial charge in [0, 0.05) is 11.1 Å². The number of aromatic nitrogens is 1. The Hall–Kier alpha value is -3.08. The molecule has 1 heterocycles. The van der Waals surface area contributed by atoms with E-state index in [2.05, 4.69) is 4.98 Å². The first kappa shape index (κ1) is 17.7. The van der Waals surface area contributed by atoms with Crippen LogP contribution in [0, 0.1) is 0 Å². The number of aromatic hydroxyl groups is 1. The minimum Gasteiger partial charge on any atom is -0.507 e.